The van der Waals surface area contributed by atoms with Crippen LogP contribution in [0.4, 0.5) is 0 Å². The van der Waals surface area contributed by atoms with E-state index in [2.05, 4.69) is 46.2 Å². The van der Waals surface area contributed by atoms with Gasteiger partial charge in [-0.15, -0.1) is 0 Å². The molecule has 2 aromatic heterocycles. The minimum Gasteiger partial charge on any atom is -0.335 e. The van der Waals surface area contributed by atoms with Gasteiger partial charge in [0.25, 0.3) is 5.91 Å². The van der Waals surface area contributed by atoms with Crippen LogP contribution in [0.3, 0.4) is 0 Å². The fraction of sp³-hybridized carbons (Fsp3) is 0.316. The van der Waals surface area contributed by atoms with E-state index in [0.29, 0.717) is 23.8 Å². The number of fused-ring (bicyclic) bond motifs is 1. The maximum atomic E-state index is 12.8. The predicted molar refractivity (Wildman–Crippen MR) is 100 cm³/mol. The average Bonchev–Trinajstić information content (AvgIpc) is 3.01. The molecule has 0 radical (unpaired) electrons. The van der Waals surface area contributed by atoms with E-state index in [1.54, 1.807) is 23.0 Å². The minimum absolute atomic E-state index is 0.129. The van der Waals surface area contributed by atoms with Crippen molar-refractivity contribution in [3.05, 3.63) is 64.6 Å². The highest BCUT2D eigenvalue weighted by molar-refractivity contribution is 6.36. The van der Waals surface area contributed by atoms with Crippen LogP contribution in [0.1, 0.15) is 21.6 Å². The van der Waals surface area contributed by atoms with E-state index in [-0.39, 0.29) is 11.6 Å². The minimum atomic E-state index is -0.129. The van der Waals surface area contributed by atoms with Gasteiger partial charge in [0.1, 0.15) is 5.02 Å². The molecule has 3 aromatic rings. The van der Waals surface area contributed by atoms with Gasteiger partial charge in [0, 0.05) is 45.1 Å². The van der Waals surface area contributed by atoms with Gasteiger partial charge in [-0.25, -0.2) is 9.50 Å². The van der Waals surface area contributed by atoms with Gasteiger partial charge in [0.2, 0.25) is 0 Å². The smallest absolute Gasteiger partial charge is 0.276 e. The molecule has 26 heavy (non-hydrogen) atoms. The standard InChI is InChI=1S/C19H20ClN5O/c1-14-3-5-15(6-4-14)13-23-9-11-24(12-10-23)19(26)17-16(20)18-21-7-2-8-25(18)22-17/h2-8H,9-13H2,1H3. The van der Waals surface area contributed by atoms with Crippen molar-refractivity contribution >= 4 is 23.2 Å². The molecule has 0 unspecified atom stereocenters. The van der Waals surface area contributed by atoms with E-state index < -0.39 is 0 Å². The van der Waals surface area contributed by atoms with Gasteiger partial charge in [-0.3, -0.25) is 9.69 Å². The molecule has 0 bridgehead atoms. The van der Waals surface area contributed by atoms with Crippen LogP contribution in [-0.2, 0) is 6.54 Å². The molecule has 4 rings (SSSR count). The van der Waals surface area contributed by atoms with Crippen molar-refractivity contribution in [2.45, 2.75) is 13.5 Å². The Bertz CT molecular complexity index is 929. The molecule has 1 aromatic carbocycles. The summed E-state index contributed by atoms with van der Waals surface area (Å²) in [5, 5.41) is 4.62. The summed E-state index contributed by atoms with van der Waals surface area (Å²) in [6.07, 6.45) is 3.38. The molecule has 1 amide bonds. The fourth-order valence-electron chi connectivity index (χ4n) is 3.21. The molecule has 1 aliphatic rings. The molecule has 1 aliphatic heterocycles. The van der Waals surface area contributed by atoms with Crippen LogP contribution >= 0.6 is 11.6 Å². The van der Waals surface area contributed by atoms with Gasteiger partial charge in [-0.1, -0.05) is 41.4 Å². The van der Waals surface area contributed by atoms with Crippen molar-refractivity contribution in [3.8, 4) is 0 Å². The summed E-state index contributed by atoms with van der Waals surface area (Å²) in [4.78, 5) is 21.2. The van der Waals surface area contributed by atoms with Crippen LogP contribution in [0.15, 0.2) is 42.7 Å². The monoisotopic (exact) mass is 369 g/mol. The number of nitrogens with zero attached hydrogens (tertiary/aromatic N) is 5. The molecule has 134 valence electrons. The van der Waals surface area contributed by atoms with Gasteiger partial charge in [0.15, 0.2) is 11.3 Å². The quantitative estimate of drug-likeness (QED) is 0.712. The summed E-state index contributed by atoms with van der Waals surface area (Å²) in [5.41, 5.74) is 3.35. The molecule has 6 nitrogen and oxygen atoms in total. The number of aryl methyl sites for hydroxylation is 1. The first-order valence-electron chi connectivity index (χ1n) is 8.68. The van der Waals surface area contributed by atoms with E-state index in [1.807, 2.05) is 4.90 Å². The summed E-state index contributed by atoms with van der Waals surface area (Å²) in [5.74, 6) is -0.129. The highest BCUT2D eigenvalue weighted by atomic mass is 35.5. The van der Waals surface area contributed by atoms with Crippen LogP contribution in [0.25, 0.3) is 5.65 Å². The number of amides is 1. The Hall–Kier alpha value is -2.44. The third kappa shape index (κ3) is 3.30. The molecule has 1 fully saturated rings. The van der Waals surface area contributed by atoms with Crippen LogP contribution in [0, 0.1) is 6.92 Å². The second-order valence-electron chi connectivity index (χ2n) is 6.60. The van der Waals surface area contributed by atoms with Crippen molar-refractivity contribution in [2.75, 3.05) is 26.2 Å². The molecule has 3 heterocycles. The van der Waals surface area contributed by atoms with E-state index >= 15 is 0 Å². The molecule has 0 saturated carbocycles. The molecule has 0 spiro atoms. The molecular weight excluding hydrogens is 350 g/mol. The normalized spacial score (nSPS) is 15.5. The third-order valence-corrected chi connectivity index (χ3v) is 5.08. The summed E-state index contributed by atoms with van der Waals surface area (Å²) in [6, 6.07) is 10.4. The van der Waals surface area contributed by atoms with E-state index in [0.717, 1.165) is 19.6 Å². The Morgan fingerprint density at radius 2 is 1.88 bits per heavy atom. The zero-order valence-corrected chi connectivity index (χ0v) is 15.4. The molecule has 0 aliphatic carbocycles. The predicted octanol–water partition coefficient (Wildman–Crippen LogP) is 2.65. The van der Waals surface area contributed by atoms with Gasteiger partial charge in [-0.2, -0.15) is 5.10 Å². The Kier molecular flexibility index (Phi) is 4.61. The highest BCUT2D eigenvalue weighted by Gasteiger charge is 2.27. The topological polar surface area (TPSA) is 53.7 Å². The van der Waals surface area contributed by atoms with Gasteiger partial charge in [0.05, 0.1) is 0 Å². The third-order valence-electron chi connectivity index (χ3n) is 4.73. The maximum Gasteiger partial charge on any atom is 0.276 e. The van der Waals surface area contributed by atoms with Crippen LogP contribution < -0.4 is 0 Å². The number of carbonyl (C=O) groups excluding carboxylic acids is 1. The maximum absolute atomic E-state index is 12.8. The van der Waals surface area contributed by atoms with E-state index in [4.69, 9.17) is 11.6 Å². The van der Waals surface area contributed by atoms with Crippen molar-refractivity contribution in [1.82, 2.24) is 24.4 Å². The summed E-state index contributed by atoms with van der Waals surface area (Å²) in [7, 11) is 0. The van der Waals surface area contributed by atoms with Crippen LogP contribution in [0.5, 0.6) is 0 Å². The Balaban J connectivity index is 1.41. The number of aromatic nitrogens is 3. The van der Waals surface area contributed by atoms with Crippen molar-refractivity contribution in [3.63, 3.8) is 0 Å². The summed E-state index contributed by atoms with van der Waals surface area (Å²) < 4.78 is 1.54. The lowest BCUT2D eigenvalue weighted by molar-refractivity contribution is 0.0622. The Morgan fingerprint density at radius 3 is 2.58 bits per heavy atom. The van der Waals surface area contributed by atoms with E-state index in [9.17, 15) is 4.79 Å². The lowest BCUT2D eigenvalue weighted by atomic mass is 10.1. The zero-order valence-electron chi connectivity index (χ0n) is 14.6. The summed E-state index contributed by atoms with van der Waals surface area (Å²) >= 11 is 6.32. The number of piperazine rings is 1. The fourth-order valence-corrected chi connectivity index (χ4v) is 3.46. The molecule has 1 saturated heterocycles. The van der Waals surface area contributed by atoms with Crippen molar-refractivity contribution < 1.29 is 4.79 Å². The van der Waals surface area contributed by atoms with Gasteiger partial charge < -0.3 is 4.90 Å². The first-order valence-corrected chi connectivity index (χ1v) is 9.05. The van der Waals surface area contributed by atoms with E-state index in [1.165, 1.54) is 11.1 Å². The zero-order chi connectivity index (χ0) is 18.1. The number of rotatable bonds is 3. The SMILES string of the molecule is Cc1ccc(CN2CCN(C(=O)c3nn4cccnc4c3Cl)CC2)cc1. The average molecular weight is 370 g/mol. The number of carbonyl (C=O) groups is 1. The Labute approximate surface area is 157 Å². The molecule has 7 heteroatoms. The van der Waals surface area contributed by atoms with Crippen molar-refractivity contribution in [2.24, 2.45) is 0 Å². The number of benzene rings is 1. The second-order valence-corrected chi connectivity index (χ2v) is 6.98. The van der Waals surface area contributed by atoms with Crippen LogP contribution in [-0.4, -0.2) is 56.5 Å². The molecule has 0 atom stereocenters. The number of halogens is 1. The highest BCUT2D eigenvalue weighted by Crippen LogP contribution is 2.22. The number of hydrogen-bond acceptors (Lipinski definition) is 4. The molecular formula is C19H20ClN5O. The van der Waals surface area contributed by atoms with Gasteiger partial charge in [-0.05, 0) is 18.6 Å². The van der Waals surface area contributed by atoms with Crippen molar-refractivity contribution in [1.29, 1.82) is 0 Å². The number of hydrogen-bond donors (Lipinski definition) is 0. The largest absolute Gasteiger partial charge is 0.335 e. The van der Waals surface area contributed by atoms with Crippen LogP contribution in [0.2, 0.25) is 5.02 Å². The first-order chi connectivity index (χ1) is 12.6. The summed E-state index contributed by atoms with van der Waals surface area (Å²) in [6.45, 7) is 6.01. The Morgan fingerprint density at radius 1 is 1.15 bits per heavy atom. The molecule has 0 N–H and O–H groups in total. The van der Waals surface area contributed by atoms with Gasteiger partial charge >= 0.3 is 0 Å². The second kappa shape index (κ2) is 7.05. The lowest BCUT2D eigenvalue weighted by Gasteiger charge is -2.34. The first kappa shape index (κ1) is 17.0. The lowest BCUT2D eigenvalue weighted by Crippen LogP contribution is -2.48.